The summed E-state index contributed by atoms with van der Waals surface area (Å²) in [4.78, 5) is 3.82. The summed E-state index contributed by atoms with van der Waals surface area (Å²) in [6.07, 6.45) is 4.71. The SMILES string of the molecule is CSc1ccc(B2OC(C)(C)C(C)(C)O2)cc1N1CCCC1. The second-order valence-corrected chi connectivity index (χ2v) is 8.06. The Morgan fingerprint density at radius 2 is 1.64 bits per heavy atom. The molecule has 1 aromatic rings. The van der Waals surface area contributed by atoms with Gasteiger partial charge < -0.3 is 14.2 Å². The monoisotopic (exact) mass is 319 g/mol. The van der Waals surface area contributed by atoms with Gasteiger partial charge in [0, 0.05) is 18.0 Å². The molecule has 0 atom stereocenters. The number of anilines is 1. The zero-order chi connectivity index (χ0) is 16.0. The molecule has 2 aliphatic heterocycles. The van der Waals surface area contributed by atoms with Gasteiger partial charge in [-0.1, -0.05) is 6.07 Å². The molecule has 2 aliphatic rings. The molecule has 3 rings (SSSR count). The minimum Gasteiger partial charge on any atom is -0.399 e. The van der Waals surface area contributed by atoms with E-state index in [9.17, 15) is 0 Å². The second kappa shape index (κ2) is 5.77. The number of benzene rings is 1. The summed E-state index contributed by atoms with van der Waals surface area (Å²) < 4.78 is 12.4. The number of rotatable bonds is 3. The van der Waals surface area contributed by atoms with Crippen molar-refractivity contribution in [3.63, 3.8) is 0 Å². The van der Waals surface area contributed by atoms with Gasteiger partial charge in [-0.15, -0.1) is 11.8 Å². The Morgan fingerprint density at radius 1 is 1.05 bits per heavy atom. The Bertz CT molecular complexity index is 540. The highest BCUT2D eigenvalue weighted by Gasteiger charge is 2.51. The molecular formula is C17H26BNO2S. The molecule has 3 nitrogen and oxygen atoms in total. The summed E-state index contributed by atoms with van der Waals surface area (Å²) in [5, 5.41) is 0. The summed E-state index contributed by atoms with van der Waals surface area (Å²) in [5.41, 5.74) is 1.88. The van der Waals surface area contributed by atoms with Gasteiger partial charge >= 0.3 is 7.12 Å². The molecule has 0 aliphatic carbocycles. The fraction of sp³-hybridized carbons (Fsp3) is 0.647. The van der Waals surface area contributed by atoms with Crippen LogP contribution in [-0.4, -0.2) is 37.7 Å². The Balaban J connectivity index is 1.91. The van der Waals surface area contributed by atoms with Gasteiger partial charge in [-0.3, -0.25) is 0 Å². The highest BCUT2D eigenvalue weighted by molar-refractivity contribution is 7.98. The molecular weight excluding hydrogens is 293 g/mol. The molecule has 0 saturated carbocycles. The van der Waals surface area contributed by atoms with Crippen molar-refractivity contribution in [3.05, 3.63) is 18.2 Å². The molecule has 120 valence electrons. The lowest BCUT2D eigenvalue weighted by Gasteiger charge is -2.32. The molecule has 1 aromatic carbocycles. The van der Waals surface area contributed by atoms with Gasteiger partial charge in [0.2, 0.25) is 0 Å². The molecule has 2 saturated heterocycles. The van der Waals surface area contributed by atoms with E-state index in [4.69, 9.17) is 9.31 Å². The lowest BCUT2D eigenvalue weighted by molar-refractivity contribution is 0.00578. The van der Waals surface area contributed by atoms with Gasteiger partial charge in [-0.05, 0) is 64.4 Å². The maximum absolute atomic E-state index is 6.19. The topological polar surface area (TPSA) is 21.7 Å². The summed E-state index contributed by atoms with van der Waals surface area (Å²) in [7, 11) is -0.276. The lowest BCUT2D eigenvalue weighted by atomic mass is 9.79. The van der Waals surface area contributed by atoms with Gasteiger partial charge in [0.1, 0.15) is 0 Å². The average molecular weight is 319 g/mol. The first kappa shape index (κ1) is 16.2. The van der Waals surface area contributed by atoms with Gasteiger partial charge in [0.25, 0.3) is 0 Å². The van der Waals surface area contributed by atoms with Crippen molar-refractivity contribution in [3.8, 4) is 0 Å². The van der Waals surface area contributed by atoms with Crippen molar-refractivity contribution in [1.82, 2.24) is 0 Å². The average Bonchev–Trinajstić information content (AvgIpc) is 3.05. The fourth-order valence-electron chi connectivity index (χ4n) is 3.04. The van der Waals surface area contributed by atoms with Crippen LogP contribution in [0, 0.1) is 0 Å². The van der Waals surface area contributed by atoms with E-state index in [0.29, 0.717) is 0 Å². The summed E-state index contributed by atoms with van der Waals surface area (Å²) in [6, 6.07) is 6.62. The molecule has 22 heavy (non-hydrogen) atoms. The van der Waals surface area contributed by atoms with E-state index in [-0.39, 0.29) is 18.3 Å². The van der Waals surface area contributed by atoms with E-state index in [1.165, 1.54) is 23.4 Å². The number of hydrogen-bond acceptors (Lipinski definition) is 4. The van der Waals surface area contributed by atoms with Crippen LogP contribution in [0.25, 0.3) is 0 Å². The number of hydrogen-bond donors (Lipinski definition) is 0. The Labute approximate surface area is 138 Å². The molecule has 0 radical (unpaired) electrons. The van der Waals surface area contributed by atoms with E-state index in [0.717, 1.165) is 18.6 Å². The smallest absolute Gasteiger partial charge is 0.399 e. The van der Waals surface area contributed by atoms with E-state index < -0.39 is 0 Å². The Kier molecular flexibility index (Phi) is 4.25. The van der Waals surface area contributed by atoms with Crippen molar-refractivity contribution in [2.24, 2.45) is 0 Å². The van der Waals surface area contributed by atoms with Crippen LogP contribution >= 0.6 is 11.8 Å². The van der Waals surface area contributed by atoms with Crippen molar-refractivity contribution in [2.75, 3.05) is 24.2 Å². The molecule has 0 N–H and O–H groups in total. The van der Waals surface area contributed by atoms with E-state index in [1.54, 1.807) is 0 Å². The normalized spacial score (nSPS) is 23.3. The van der Waals surface area contributed by atoms with Gasteiger partial charge in [-0.25, -0.2) is 0 Å². The third-order valence-electron chi connectivity index (χ3n) is 5.18. The Hall–Kier alpha value is -0.645. The Morgan fingerprint density at radius 3 is 2.18 bits per heavy atom. The standard InChI is InChI=1S/C17H26BNO2S/c1-16(2)17(3,4)21-18(20-16)13-8-9-15(22-5)14(12-13)19-10-6-7-11-19/h8-9,12H,6-7,10-11H2,1-5H3. The largest absolute Gasteiger partial charge is 0.494 e. The molecule has 5 heteroatoms. The highest BCUT2D eigenvalue weighted by Crippen LogP contribution is 2.37. The quantitative estimate of drug-likeness (QED) is 0.629. The first-order valence-corrected chi connectivity index (χ1v) is 9.35. The summed E-state index contributed by atoms with van der Waals surface area (Å²) >= 11 is 1.81. The first-order chi connectivity index (χ1) is 10.3. The first-order valence-electron chi connectivity index (χ1n) is 8.12. The zero-order valence-corrected chi connectivity index (χ0v) is 15.1. The highest BCUT2D eigenvalue weighted by atomic mass is 32.2. The van der Waals surface area contributed by atoms with Crippen molar-refractivity contribution < 1.29 is 9.31 Å². The minimum atomic E-state index is -0.288. The fourth-order valence-corrected chi connectivity index (χ4v) is 3.64. The second-order valence-electron chi connectivity index (χ2n) is 7.21. The van der Waals surface area contributed by atoms with Crippen LogP contribution in [0.15, 0.2) is 23.1 Å². The van der Waals surface area contributed by atoms with Crippen LogP contribution in [0.4, 0.5) is 5.69 Å². The molecule has 2 heterocycles. The van der Waals surface area contributed by atoms with Gasteiger partial charge in [0.15, 0.2) is 0 Å². The van der Waals surface area contributed by atoms with E-state index in [1.807, 2.05) is 11.8 Å². The molecule has 2 fully saturated rings. The number of nitrogens with zero attached hydrogens (tertiary/aromatic N) is 1. The van der Waals surface area contributed by atoms with Crippen molar-refractivity contribution in [2.45, 2.75) is 56.6 Å². The molecule has 0 amide bonds. The van der Waals surface area contributed by atoms with Crippen LogP contribution < -0.4 is 10.4 Å². The molecule has 0 bridgehead atoms. The van der Waals surface area contributed by atoms with E-state index in [2.05, 4.69) is 57.0 Å². The lowest BCUT2D eigenvalue weighted by Crippen LogP contribution is -2.41. The van der Waals surface area contributed by atoms with Crippen LogP contribution in [-0.2, 0) is 9.31 Å². The predicted molar refractivity (Wildman–Crippen MR) is 95.4 cm³/mol. The van der Waals surface area contributed by atoms with Crippen LogP contribution in [0.1, 0.15) is 40.5 Å². The van der Waals surface area contributed by atoms with Crippen molar-refractivity contribution in [1.29, 1.82) is 0 Å². The molecule has 0 aromatic heterocycles. The minimum absolute atomic E-state index is 0.276. The molecule has 0 unspecified atom stereocenters. The predicted octanol–water partition coefficient (Wildman–Crippen LogP) is 3.31. The third kappa shape index (κ3) is 2.79. The van der Waals surface area contributed by atoms with Gasteiger partial charge in [0.05, 0.1) is 16.9 Å². The third-order valence-corrected chi connectivity index (χ3v) is 5.96. The van der Waals surface area contributed by atoms with Crippen molar-refractivity contribution >= 4 is 30.0 Å². The van der Waals surface area contributed by atoms with Gasteiger partial charge in [-0.2, -0.15) is 0 Å². The van der Waals surface area contributed by atoms with Crippen LogP contribution in [0.5, 0.6) is 0 Å². The summed E-state index contributed by atoms with van der Waals surface area (Å²) in [6.45, 7) is 10.7. The maximum atomic E-state index is 6.19. The van der Waals surface area contributed by atoms with Crippen LogP contribution in [0.2, 0.25) is 0 Å². The maximum Gasteiger partial charge on any atom is 0.494 e. The van der Waals surface area contributed by atoms with E-state index >= 15 is 0 Å². The zero-order valence-electron chi connectivity index (χ0n) is 14.3. The summed E-state index contributed by atoms with van der Waals surface area (Å²) in [5.74, 6) is 0. The number of thioether (sulfide) groups is 1. The molecule has 0 spiro atoms. The van der Waals surface area contributed by atoms with Crippen LogP contribution in [0.3, 0.4) is 0 Å².